The highest BCUT2D eigenvalue weighted by molar-refractivity contribution is 6.74. The van der Waals surface area contributed by atoms with Gasteiger partial charge >= 0.3 is 5.97 Å². The van der Waals surface area contributed by atoms with E-state index < -0.39 is 8.32 Å². The van der Waals surface area contributed by atoms with E-state index in [0.717, 1.165) is 25.9 Å². The second kappa shape index (κ2) is 8.80. The van der Waals surface area contributed by atoms with E-state index in [4.69, 9.17) is 9.16 Å². The number of carbonyl (C=O) groups is 1. The van der Waals surface area contributed by atoms with E-state index in [0.29, 0.717) is 19.1 Å². The maximum absolute atomic E-state index is 12.2. The fourth-order valence-electron chi connectivity index (χ4n) is 4.91. The molecule has 174 valence electrons. The third-order valence-corrected chi connectivity index (χ3v) is 12.4. The number of fused-ring (bicyclic) bond motifs is 5. The minimum atomic E-state index is -1.81. The van der Waals surface area contributed by atoms with Crippen LogP contribution < -0.4 is 0 Å². The molecule has 2 aliphatic rings. The molecule has 4 rings (SSSR count). The number of methoxy groups -OCH3 is 1. The number of H-pyrrole nitrogens is 1. The van der Waals surface area contributed by atoms with E-state index in [9.17, 15) is 4.79 Å². The Hall–Kier alpha value is -1.89. The lowest BCUT2D eigenvalue weighted by atomic mass is 9.80. The van der Waals surface area contributed by atoms with Crippen LogP contribution in [0, 0.1) is 5.92 Å². The fraction of sp³-hybridized carbons (Fsp3) is 0.577. The van der Waals surface area contributed by atoms with Gasteiger partial charge in [-0.25, -0.2) is 0 Å². The molecule has 5 nitrogen and oxygen atoms in total. The van der Waals surface area contributed by atoms with E-state index in [-0.39, 0.29) is 16.9 Å². The van der Waals surface area contributed by atoms with Gasteiger partial charge in [-0.05, 0) is 48.5 Å². The first kappa shape index (κ1) is 23.3. The monoisotopic (exact) mass is 454 g/mol. The van der Waals surface area contributed by atoms with Crippen molar-refractivity contribution in [3.63, 3.8) is 0 Å². The number of piperidine rings is 1. The number of carbonyl (C=O) groups excluding carboxylic acids is 1. The van der Waals surface area contributed by atoms with Gasteiger partial charge in [0.25, 0.3) is 0 Å². The summed E-state index contributed by atoms with van der Waals surface area (Å²) >= 11 is 0. The van der Waals surface area contributed by atoms with Crippen LogP contribution >= 0.6 is 0 Å². The molecule has 1 aromatic carbocycles. The number of ether oxygens (including phenoxy) is 1. The molecule has 1 saturated heterocycles. The smallest absolute Gasteiger partial charge is 0.306 e. The summed E-state index contributed by atoms with van der Waals surface area (Å²) in [5.74, 6) is 0.0522. The number of hydrogen-bond donors (Lipinski definition) is 1. The van der Waals surface area contributed by atoms with Crippen LogP contribution in [0.3, 0.4) is 0 Å². The normalized spacial score (nSPS) is 23.2. The zero-order valence-electron chi connectivity index (χ0n) is 20.5. The van der Waals surface area contributed by atoms with E-state index in [1.807, 2.05) is 0 Å². The molecule has 0 radical (unpaired) electrons. The summed E-state index contributed by atoms with van der Waals surface area (Å²) in [6, 6.07) is 8.91. The summed E-state index contributed by atoms with van der Waals surface area (Å²) in [6.07, 6.45) is 4.68. The Bertz CT molecular complexity index is 1020. The molecule has 3 heterocycles. The average molecular weight is 455 g/mol. The molecular weight excluding hydrogens is 416 g/mol. The van der Waals surface area contributed by atoms with Crippen molar-refractivity contribution in [3.8, 4) is 0 Å². The van der Waals surface area contributed by atoms with Gasteiger partial charge in [-0.15, -0.1) is 0 Å². The molecule has 1 N–H and O–H groups in total. The highest BCUT2D eigenvalue weighted by Gasteiger charge is 2.39. The third kappa shape index (κ3) is 4.45. The largest absolute Gasteiger partial charge is 0.469 e. The van der Waals surface area contributed by atoms with Crippen LogP contribution in [0.15, 0.2) is 35.9 Å². The van der Waals surface area contributed by atoms with E-state index in [2.05, 4.69) is 74.1 Å². The van der Waals surface area contributed by atoms with Crippen LogP contribution in [0.2, 0.25) is 18.1 Å². The first-order valence-corrected chi connectivity index (χ1v) is 14.7. The van der Waals surface area contributed by atoms with Gasteiger partial charge in [0.2, 0.25) is 0 Å². The van der Waals surface area contributed by atoms with E-state index in [1.165, 1.54) is 34.8 Å². The molecule has 0 unspecified atom stereocenters. The number of nitrogens with one attached hydrogen (secondary N) is 1. The quantitative estimate of drug-likeness (QED) is 0.363. The number of aromatic nitrogens is 1. The third-order valence-electron chi connectivity index (χ3n) is 7.92. The second-order valence-corrected chi connectivity index (χ2v) is 15.7. The van der Waals surface area contributed by atoms with Crippen molar-refractivity contribution in [2.75, 3.05) is 26.8 Å². The Morgan fingerprint density at radius 1 is 1.28 bits per heavy atom. The van der Waals surface area contributed by atoms with Crippen molar-refractivity contribution in [3.05, 3.63) is 47.2 Å². The fourth-order valence-corrected chi connectivity index (χ4v) is 5.85. The van der Waals surface area contributed by atoms with Crippen molar-refractivity contribution >= 4 is 25.2 Å². The van der Waals surface area contributed by atoms with Crippen molar-refractivity contribution in [2.24, 2.45) is 5.92 Å². The molecular formula is C26H38N2O3Si. The number of rotatable bonds is 5. The first-order valence-electron chi connectivity index (χ1n) is 11.8. The zero-order chi connectivity index (χ0) is 23.1. The molecule has 6 heteroatoms. The number of hydrogen-bond acceptors (Lipinski definition) is 4. The second-order valence-electron chi connectivity index (χ2n) is 10.9. The highest BCUT2D eigenvalue weighted by atomic mass is 28.4. The lowest BCUT2D eigenvalue weighted by Crippen LogP contribution is -2.43. The first-order chi connectivity index (χ1) is 15.1. The van der Waals surface area contributed by atoms with E-state index in [1.54, 1.807) is 0 Å². The van der Waals surface area contributed by atoms with Gasteiger partial charge in [-0.1, -0.05) is 50.6 Å². The number of benzene rings is 1. The molecule has 0 amide bonds. The van der Waals surface area contributed by atoms with Crippen LogP contribution in [-0.2, 0) is 20.4 Å². The van der Waals surface area contributed by atoms with Crippen molar-refractivity contribution in [2.45, 2.75) is 64.2 Å². The summed E-state index contributed by atoms with van der Waals surface area (Å²) in [4.78, 5) is 18.5. The van der Waals surface area contributed by atoms with Crippen molar-refractivity contribution in [1.29, 1.82) is 0 Å². The molecule has 1 fully saturated rings. The average Bonchev–Trinajstić information content (AvgIpc) is 3.12. The summed E-state index contributed by atoms with van der Waals surface area (Å²) < 4.78 is 11.5. The van der Waals surface area contributed by atoms with E-state index >= 15 is 0 Å². The molecule has 2 aromatic rings. The van der Waals surface area contributed by atoms with Gasteiger partial charge in [0.1, 0.15) is 0 Å². The SMILES string of the molecule is COC(=O)C[C@H]1C[C@H]2c3[nH]c4ccccc4c3CCN2C/C1=C/CO[Si](C)(C)C(C)(C)C. The van der Waals surface area contributed by atoms with Gasteiger partial charge in [0.05, 0.1) is 26.2 Å². The standard InChI is InChI=1S/C26H38N2O3Si/c1-26(2,3)32(5,6)31-14-12-18-17-28-13-11-21-20-9-7-8-10-22(20)27-25(21)23(28)15-19(18)16-24(29)30-4/h7-10,12,19,23,27H,11,13-17H2,1-6H3/b18-12-/t19-,23+/m1/s1. The van der Waals surface area contributed by atoms with Crippen LogP contribution in [0.1, 0.15) is 50.9 Å². The minimum absolute atomic E-state index is 0.132. The lowest BCUT2D eigenvalue weighted by molar-refractivity contribution is -0.141. The molecule has 32 heavy (non-hydrogen) atoms. The van der Waals surface area contributed by atoms with Gasteiger partial charge in [-0.2, -0.15) is 0 Å². The Kier molecular flexibility index (Phi) is 6.40. The van der Waals surface area contributed by atoms with Crippen LogP contribution in [-0.4, -0.2) is 51.0 Å². The number of nitrogens with zero attached hydrogens (tertiary/aromatic N) is 1. The van der Waals surface area contributed by atoms with Gasteiger partial charge in [0.15, 0.2) is 8.32 Å². The topological polar surface area (TPSA) is 54.6 Å². The van der Waals surface area contributed by atoms with Crippen LogP contribution in [0.4, 0.5) is 0 Å². The Labute approximate surface area is 193 Å². The summed E-state index contributed by atoms with van der Waals surface area (Å²) in [7, 11) is -0.322. The summed E-state index contributed by atoms with van der Waals surface area (Å²) in [5, 5.41) is 1.53. The van der Waals surface area contributed by atoms with Crippen molar-refractivity contribution < 1.29 is 14.0 Å². The maximum Gasteiger partial charge on any atom is 0.306 e. The van der Waals surface area contributed by atoms with Crippen LogP contribution in [0.5, 0.6) is 0 Å². The highest BCUT2D eigenvalue weighted by Crippen LogP contribution is 2.44. The Morgan fingerprint density at radius 3 is 2.75 bits per heavy atom. The lowest BCUT2D eigenvalue weighted by Gasteiger charge is -2.43. The molecule has 0 aliphatic carbocycles. The zero-order valence-corrected chi connectivity index (χ0v) is 21.5. The van der Waals surface area contributed by atoms with Gasteiger partial charge in [0, 0.05) is 29.7 Å². The molecule has 2 atom stereocenters. The molecule has 2 aliphatic heterocycles. The predicted molar refractivity (Wildman–Crippen MR) is 132 cm³/mol. The molecule has 0 saturated carbocycles. The van der Waals surface area contributed by atoms with Crippen LogP contribution in [0.25, 0.3) is 10.9 Å². The van der Waals surface area contributed by atoms with Gasteiger partial charge < -0.3 is 14.1 Å². The summed E-state index contributed by atoms with van der Waals surface area (Å²) in [6.45, 7) is 13.9. The molecule has 1 aromatic heterocycles. The van der Waals surface area contributed by atoms with Crippen molar-refractivity contribution in [1.82, 2.24) is 9.88 Å². The molecule has 0 spiro atoms. The maximum atomic E-state index is 12.2. The van der Waals surface area contributed by atoms with Gasteiger partial charge in [-0.3, -0.25) is 9.69 Å². The number of aromatic amines is 1. The number of esters is 1. The minimum Gasteiger partial charge on any atom is -0.469 e. The molecule has 0 bridgehead atoms. The Balaban J connectivity index is 1.58. The summed E-state index contributed by atoms with van der Waals surface area (Å²) in [5.41, 5.74) is 5.33. The number of para-hydroxylation sites is 1. The Morgan fingerprint density at radius 2 is 2.03 bits per heavy atom. The predicted octanol–water partition coefficient (Wildman–Crippen LogP) is 5.60.